The molecule has 0 amide bonds. The monoisotopic (exact) mass is 341 g/mol. The van der Waals surface area contributed by atoms with Crippen molar-refractivity contribution in [3.63, 3.8) is 0 Å². The number of halogens is 1. The first-order valence-corrected chi connectivity index (χ1v) is 8.64. The molecule has 2 aliphatic rings. The van der Waals surface area contributed by atoms with E-state index in [-0.39, 0.29) is 18.4 Å². The average Bonchev–Trinajstić information content (AvgIpc) is 3.01. The van der Waals surface area contributed by atoms with Gasteiger partial charge in [-0.1, -0.05) is 0 Å². The summed E-state index contributed by atoms with van der Waals surface area (Å²) in [5, 5.41) is 8.88. The van der Waals surface area contributed by atoms with Crippen LogP contribution < -0.4 is 5.73 Å². The molecule has 0 radical (unpaired) electrons. The van der Waals surface area contributed by atoms with Gasteiger partial charge in [-0.15, -0.1) is 12.4 Å². The van der Waals surface area contributed by atoms with E-state index in [4.69, 9.17) is 11.0 Å². The number of sulfonamides is 1. The van der Waals surface area contributed by atoms with E-state index in [9.17, 15) is 8.42 Å². The number of nitrogens with zero attached hydrogens (tertiary/aromatic N) is 2. The molecule has 120 valence electrons. The van der Waals surface area contributed by atoms with Gasteiger partial charge < -0.3 is 5.73 Å². The topological polar surface area (TPSA) is 87.2 Å². The summed E-state index contributed by atoms with van der Waals surface area (Å²) in [6, 6.07) is 6.87. The summed E-state index contributed by atoms with van der Waals surface area (Å²) in [4.78, 5) is 0.301. The van der Waals surface area contributed by atoms with Crippen molar-refractivity contribution in [2.45, 2.75) is 30.7 Å². The fourth-order valence-corrected chi connectivity index (χ4v) is 5.35. The third-order valence-electron chi connectivity index (χ3n) is 4.80. The van der Waals surface area contributed by atoms with Gasteiger partial charge in [0.2, 0.25) is 10.0 Å². The van der Waals surface area contributed by atoms with Gasteiger partial charge in [-0.05, 0) is 55.4 Å². The lowest BCUT2D eigenvalue weighted by molar-refractivity contribution is 0.427. The van der Waals surface area contributed by atoms with Crippen LogP contribution in [0.15, 0.2) is 23.1 Å². The molecule has 0 bridgehead atoms. The van der Waals surface area contributed by atoms with Crippen LogP contribution in [0.5, 0.6) is 0 Å². The van der Waals surface area contributed by atoms with Gasteiger partial charge in [0, 0.05) is 19.1 Å². The molecule has 1 aliphatic heterocycles. The lowest BCUT2D eigenvalue weighted by Crippen LogP contribution is -2.33. The number of nitriles is 1. The first-order chi connectivity index (χ1) is 9.93. The van der Waals surface area contributed by atoms with Crippen LogP contribution in [0.4, 0.5) is 0 Å². The highest BCUT2D eigenvalue weighted by atomic mass is 35.5. The molecule has 2 fully saturated rings. The van der Waals surface area contributed by atoms with Crippen molar-refractivity contribution in [2.75, 3.05) is 13.1 Å². The highest BCUT2D eigenvalue weighted by molar-refractivity contribution is 7.89. The Labute approximate surface area is 137 Å². The van der Waals surface area contributed by atoms with Crippen molar-refractivity contribution < 1.29 is 8.42 Å². The van der Waals surface area contributed by atoms with Gasteiger partial charge in [0.05, 0.1) is 16.5 Å². The number of fused-ring (bicyclic) bond motifs is 1. The number of rotatable bonds is 2. The molecule has 1 saturated carbocycles. The van der Waals surface area contributed by atoms with Crippen LogP contribution in [-0.4, -0.2) is 31.9 Å². The number of hydrogen-bond acceptors (Lipinski definition) is 4. The van der Waals surface area contributed by atoms with Crippen LogP contribution in [0.3, 0.4) is 0 Å². The van der Waals surface area contributed by atoms with E-state index < -0.39 is 10.0 Å². The minimum Gasteiger partial charge on any atom is -0.327 e. The second-order valence-corrected chi connectivity index (χ2v) is 7.99. The molecule has 2 N–H and O–H groups in total. The van der Waals surface area contributed by atoms with Crippen molar-refractivity contribution in [1.82, 2.24) is 4.31 Å². The Kier molecular flexibility index (Phi) is 4.83. The number of hydrogen-bond donors (Lipinski definition) is 1. The molecular formula is C15H20ClN3O2S. The van der Waals surface area contributed by atoms with Crippen molar-refractivity contribution in [1.29, 1.82) is 5.26 Å². The normalized spacial score (nSPS) is 28.0. The molecule has 3 unspecified atom stereocenters. The third kappa shape index (κ3) is 2.74. The first-order valence-electron chi connectivity index (χ1n) is 7.20. The lowest BCUT2D eigenvalue weighted by Gasteiger charge is -2.19. The highest BCUT2D eigenvalue weighted by Crippen LogP contribution is 2.39. The summed E-state index contributed by atoms with van der Waals surface area (Å²) in [7, 11) is -3.49. The predicted molar refractivity (Wildman–Crippen MR) is 86.1 cm³/mol. The van der Waals surface area contributed by atoms with Crippen molar-refractivity contribution in [3.05, 3.63) is 29.3 Å². The van der Waals surface area contributed by atoms with E-state index in [0.717, 1.165) is 12.8 Å². The highest BCUT2D eigenvalue weighted by Gasteiger charge is 2.45. The molecule has 0 spiro atoms. The van der Waals surface area contributed by atoms with Crippen molar-refractivity contribution in [3.8, 4) is 6.07 Å². The minimum atomic E-state index is -3.49. The van der Waals surface area contributed by atoms with Crippen LogP contribution in [0.2, 0.25) is 0 Å². The van der Waals surface area contributed by atoms with Gasteiger partial charge in [-0.2, -0.15) is 9.57 Å². The zero-order valence-corrected chi connectivity index (χ0v) is 14.0. The Morgan fingerprint density at radius 3 is 2.64 bits per heavy atom. The van der Waals surface area contributed by atoms with Gasteiger partial charge in [-0.3, -0.25) is 0 Å². The van der Waals surface area contributed by atoms with E-state index in [1.54, 1.807) is 23.4 Å². The molecule has 1 aliphatic carbocycles. The maximum absolute atomic E-state index is 12.8. The quantitative estimate of drug-likeness (QED) is 0.886. The van der Waals surface area contributed by atoms with Crippen LogP contribution in [0.1, 0.15) is 24.0 Å². The van der Waals surface area contributed by atoms with Gasteiger partial charge in [0.25, 0.3) is 0 Å². The Hall–Kier alpha value is -1.13. The molecule has 1 aromatic carbocycles. The van der Waals surface area contributed by atoms with Crippen LogP contribution in [0.25, 0.3) is 0 Å². The summed E-state index contributed by atoms with van der Waals surface area (Å²) in [5.74, 6) is 0.687. The van der Waals surface area contributed by atoms with E-state index in [0.29, 0.717) is 40.9 Å². The predicted octanol–water partition coefficient (Wildman–Crippen LogP) is 1.65. The molecule has 3 atom stereocenters. The standard InChI is InChI=1S/C15H19N3O2S.ClH/c1-10-6-11(7-16)2-5-15(10)21(19,20)18-8-12-3-4-14(17)13(12)9-18;/h2,5-6,12-14H,3-4,8-9,17H2,1H3;1H. The Morgan fingerprint density at radius 2 is 2.05 bits per heavy atom. The average molecular weight is 342 g/mol. The summed E-state index contributed by atoms with van der Waals surface area (Å²) >= 11 is 0. The van der Waals surface area contributed by atoms with Gasteiger partial charge in [-0.25, -0.2) is 8.42 Å². The van der Waals surface area contributed by atoms with Gasteiger partial charge >= 0.3 is 0 Å². The van der Waals surface area contributed by atoms with E-state index in [1.807, 2.05) is 6.07 Å². The van der Waals surface area contributed by atoms with E-state index >= 15 is 0 Å². The Balaban J connectivity index is 0.00000176. The summed E-state index contributed by atoms with van der Waals surface area (Å²) in [6.07, 6.45) is 2.02. The van der Waals surface area contributed by atoms with Crippen LogP contribution in [-0.2, 0) is 10.0 Å². The molecule has 1 aromatic rings. The molecule has 5 nitrogen and oxygen atoms in total. The van der Waals surface area contributed by atoms with Crippen LogP contribution >= 0.6 is 12.4 Å². The number of benzene rings is 1. The largest absolute Gasteiger partial charge is 0.327 e. The summed E-state index contributed by atoms with van der Waals surface area (Å²) in [6.45, 7) is 2.82. The molecule has 0 aromatic heterocycles. The molecular weight excluding hydrogens is 322 g/mol. The minimum absolute atomic E-state index is 0. The number of aryl methyl sites for hydroxylation is 1. The van der Waals surface area contributed by atoms with E-state index in [1.165, 1.54) is 6.07 Å². The van der Waals surface area contributed by atoms with Gasteiger partial charge in [0.15, 0.2) is 0 Å². The molecule has 1 heterocycles. The Morgan fingerprint density at radius 1 is 1.32 bits per heavy atom. The fraction of sp³-hybridized carbons (Fsp3) is 0.533. The zero-order valence-electron chi connectivity index (χ0n) is 12.4. The summed E-state index contributed by atoms with van der Waals surface area (Å²) < 4.78 is 27.2. The first kappa shape index (κ1) is 17.2. The van der Waals surface area contributed by atoms with Crippen molar-refractivity contribution in [2.24, 2.45) is 17.6 Å². The molecule has 7 heteroatoms. The molecule has 3 rings (SSSR count). The Bertz CT molecular complexity index is 714. The SMILES string of the molecule is Cc1cc(C#N)ccc1S(=O)(=O)N1CC2CCC(N)C2C1.Cl. The summed E-state index contributed by atoms with van der Waals surface area (Å²) in [5.41, 5.74) is 7.17. The van der Waals surface area contributed by atoms with Crippen LogP contribution in [0, 0.1) is 30.1 Å². The molecule has 22 heavy (non-hydrogen) atoms. The lowest BCUT2D eigenvalue weighted by atomic mass is 9.98. The number of nitrogens with two attached hydrogens (primary N) is 1. The zero-order chi connectivity index (χ0) is 15.2. The second kappa shape index (κ2) is 6.17. The smallest absolute Gasteiger partial charge is 0.243 e. The maximum Gasteiger partial charge on any atom is 0.243 e. The van der Waals surface area contributed by atoms with Crippen molar-refractivity contribution >= 4 is 22.4 Å². The fourth-order valence-electron chi connectivity index (χ4n) is 3.61. The van der Waals surface area contributed by atoms with Gasteiger partial charge in [0.1, 0.15) is 0 Å². The van der Waals surface area contributed by atoms with E-state index in [2.05, 4.69) is 0 Å². The third-order valence-corrected chi connectivity index (χ3v) is 6.79. The second-order valence-electron chi connectivity index (χ2n) is 6.08. The molecule has 1 saturated heterocycles. The maximum atomic E-state index is 12.8.